The number of hydrogen-bond acceptors (Lipinski definition) is 4. The van der Waals surface area contributed by atoms with E-state index in [1.807, 2.05) is 18.2 Å². The fraction of sp³-hybridized carbons (Fsp3) is 0.714. The Morgan fingerprint density at radius 2 is 1.49 bits per heavy atom. The van der Waals surface area contributed by atoms with Gasteiger partial charge in [0, 0.05) is 19.5 Å². The Bertz CT molecular complexity index is 705. The molecule has 0 bridgehead atoms. The molecule has 7 heteroatoms. The molecular formula is C28H50N4O3. The minimum atomic E-state index is 0.116. The molecule has 1 aromatic rings. The second kappa shape index (κ2) is 20.9. The lowest BCUT2D eigenvalue weighted by Gasteiger charge is -2.13. The van der Waals surface area contributed by atoms with Crippen LogP contribution in [0.1, 0.15) is 109 Å². The van der Waals surface area contributed by atoms with Gasteiger partial charge in [-0.3, -0.25) is 9.79 Å². The number of nitrogens with zero attached hydrogens (tertiary/aromatic N) is 1. The number of methoxy groups -OCH3 is 1. The fourth-order valence-electron chi connectivity index (χ4n) is 3.96. The molecule has 0 heterocycles. The first-order chi connectivity index (χ1) is 17.1. The van der Waals surface area contributed by atoms with Gasteiger partial charge in [-0.1, -0.05) is 83.6 Å². The molecular weight excluding hydrogens is 440 g/mol. The topological polar surface area (TPSA) is 112 Å². The predicted octanol–water partition coefficient (Wildman–Crippen LogP) is 5.84. The number of nitrogens with one attached hydrogen (secondary N) is 1. The Hall–Kier alpha value is -2.44. The molecule has 0 aliphatic heterocycles. The van der Waals surface area contributed by atoms with E-state index in [0.29, 0.717) is 25.3 Å². The average Bonchev–Trinajstić information content (AvgIpc) is 2.85. The molecule has 0 unspecified atom stereocenters. The number of carbonyl (C=O) groups is 1. The first-order valence-corrected chi connectivity index (χ1v) is 13.7. The second-order valence-electron chi connectivity index (χ2n) is 9.26. The van der Waals surface area contributed by atoms with Crippen LogP contribution in [0.5, 0.6) is 11.5 Å². The summed E-state index contributed by atoms with van der Waals surface area (Å²) in [6.45, 7) is 4.15. The fourth-order valence-corrected chi connectivity index (χ4v) is 3.96. The third kappa shape index (κ3) is 16.8. The van der Waals surface area contributed by atoms with Crippen LogP contribution < -0.4 is 26.3 Å². The largest absolute Gasteiger partial charge is 0.493 e. The predicted molar refractivity (Wildman–Crippen MR) is 146 cm³/mol. The molecule has 35 heavy (non-hydrogen) atoms. The lowest BCUT2D eigenvalue weighted by Crippen LogP contribution is -2.22. The van der Waals surface area contributed by atoms with Gasteiger partial charge in [-0.15, -0.1) is 0 Å². The molecule has 7 nitrogen and oxygen atoms in total. The molecule has 1 amide bonds. The third-order valence-electron chi connectivity index (χ3n) is 6.08. The molecule has 0 saturated carbocycles. The highest BCUT2D eigenvalue weighted by Gasteiger charge is 2.07. The van der Waals surface area contributed by atoms with Crippen molar-refractivity contribution in [3.63, 3.8) is 0 Å². The van der Waals surface area contributed by atoms with Gasteiger partial charge in [-0.25, -0.2) is 0 Å². The third-order valence-corrected chi connectivity index (χ3v) is 6.08. The van der Waals surface area contributed by atoms with Crippen molar-refractivity contribution in [3.8, 4) is 11.5 Å². The van der Waals surface area contributed by atoms with Crippen LogP contribution in [0, 0.1) is 0 Å². The van der Waals surface area contributed by atoms with Crippen LogP contribution in [-0.4, -0.2) is 32.1 Å². The van der Waals surface area contributed by atoms with Gasteiger partial charge in [-0.05, 0) is 37.0 Å². The van der Waals surface area contributed by atoms with E-state index in [-0.39, 0.29) is 11.9 Å². The standard InChI is InChI=1S/C28H50N4O3/c1-3-4-5-6-11-14-17-27(33)32-23-24-18-19-25(26(22-24)34-2)35-21-16-13-10-8-7-9-12-15-20-31-28(29)30/h18-19,22H,3-17,20-21,23H2,1-2H3,(H,32,33)(H4,29,30,31). The second-order valence-corrected chi connectivity index (χ2v) is 9.26. The SMILES string of the molecule is CCCCCCCCC(=O)NCc1ccc(OCCCCCCCCCCN=C(N)N)c(OC)c1. The zero-order valence-electron chi connectivity index (χ0n) is 22.3. The maximum Gasteiger partial charge on any atom is 0.220 e. The highest BCUT2D eigenvalue weighted by molar-refractivity contribution is 5.76. The summed E-state index contributed by atoms with van der Waals surface area (Å²) >= 11 is 0. The van der Waals surface area contributed by atoms with Crippen molar-refractivity contribution in [2.45, 2.75) is 110 Å². The Labute approximate surface area is 213 Å². The number of benzene rings is 1. The summed E-state index contributed by atoms with van der Waals surface area (Å²) in [6.07, 6.45) is 17.1. The zero-order chi connectivity index (χ0) is 25.6. The molecule has 1 rings (SSSR count). The Balaban J connectivity index is 2.14. The van der Waals surface area contributed by atoms with E-state index in [9.17, 15) is 4.79 Å². The van der Waals surface area contributed by atoms with E-state index in [0.717, 1.165) is 43.5 Å². The van der Waals surface area contributed by atoms with Crippen molar-refractivity contribution in [2.24, 2.45) is 16.5 Å². The summed E-state index contributed by atoms with van der Waals surface area (Å²) in [4.78, 5) is 16.1. The van der Waals surface area contributed by atoms with Gasteiger partial charge in [0.2, 0.25) is 5.91 Å². The van der Waals surface area contributed by atoms with E-state index in [1.165, 1.54) is 64.2 Å². The van der Waals surface area contributed by atoms with Gasteiger partial charge in [0.15, 0.2) is 17.5 Å². The number of unbranched alkanes of at least 4 members (excludes halogenated alkanes) is 12. The number of rotatable bonds is 22. The van der Waals surface area contributed by atoms with E-state index >= 15 is 0 Å². The highest BCUT2D eigenvalue weighted by atomic mass is 16.5. The van der Waals surface area contributed by atoms with Gasteiger partial charge in [-0.2, -0.15) is 0 Å². The molecule has 0 saturated heterocycles. The van der Waals surface area contributed by atoms with Gasteiger partial charge in [0.25, 0.3) is 0 Å². The lowest BCUT2D eigenvalue weighted by atomic mass is 10.1. The van der Waals surface area contributed by atoms with Crippen LogP contribution >= 0.6 is 0 Å². The van der Waals surface area contributed by atoms with Gasteiger partial charge >= 0.3 is 0 Å². The number of amides is 1. The summed E-state index contributed by atoms with van der Waals surface area (Å²) in [6, 6.07) is 5.89. The van der Waals surface area contributed by atoms with Crippen molar-refractivity contribution < 1.29 is 14.3 Å². The van der Waals surface area contributed by atoms with Crippen molar-refractivity contribution >= 4 is 11.9 Å². The normalized spacial score (nSPS) is 10.7. The van der Waals surface area contributed by atoms with Gasteiger partial charge in [0.05, 0.1) is 13.7 Å². The maximum absolute atomic E-state index is 12.1. The van der Waals surface area contributed by atoms with Crippen LogP contribution in [0.25, 0.3) is 0 Å². The highest BCUT2D eigenvalue weighted by Crippen LogP contribution is 2.28. The number of nitrogens with two attached hydrogens (primary N) is 2. The number of guanidine groups is 1. The molecule has 0 aliphatic rings. The molecule has 0 radical (unpaired) electrons. The van der Waals surface area contributed by atoms with Crippen molar-refractivity contribution in [2.75, 3.05) is 20.3 Å². The Kier molecular flexibility index (Phi) is 18.3. The number of carbonyl (C=O) groups excluding carboxylic acids is 1. The van der Waals surface area contributed by atoms with Crippen molar-refractivity contribution in [3.05, 3.63) is 23.8 Å². The lowest BCUT2D eigenvalue weighted by molar-refractivity contribution is -0.121. The van der Waals surface area contributed by atoms with Crippen LogP contribution in [0.4, 0.5) is 0 Å². The Morgan fingerprint density at radius 3 is 2.14 bits per heavy atom. The summed E-state index contributed by atoms with van der Waals surface area (Å²) in [5.41, 5.74) is 11.7. The van der Waals surface area contributed by atoms with E-state index < -0.39 is 0 Å². The summed E-state index contributed by atoms with van der Waals surface area (Å²) in [5, 5.41) is 3.02. The van der Waals surface area contributed by atoms with Crippen LogP contribution in [0.15, 0.2) is 23.2 Å². The molecule has 5 N–H and O–H groups in total. The molecule has 200 valence electrons. The quantitative estimate of drug-likeness (QED) is 0.107. The first-order valence-electron chi connectivity index (χ1n) is 13.7. The maximum atomic E-state index is 12.1. The van der Waals surface area contributed by atoms with Gasteiger partial charge < -0.3 is 26.3 Å². The molecule has 0 fully saturated rings. The van der Waals surface area contributed by atoms with E-state index in [1.54, 1.807) is 7.11 Å². The van der Waals surface area contributed by atoms with Crippen LogP contribution in [-0.2, 0) is 11.3 Å². The van der Waals surface area contributed by atoms with Crippen LogP contribution in [0.2, 0.25) is 0 Å². The zero-order valence-corrected chi connectivity index (χ0v) is 22.3. The number of ether oxygens (including phenoxy) is 2. The monoisotopic (exact) mass is 490 g/mol. The molecule has 0 aromatic heterocycles. The number of aliphatic imine (C=N–C) groups is 1. The van der Waals surface area contributed by atoms with Crippen molar-refractivity contribution in [1.82, 2.24) is 5.32 Å². The minimum Gasteiger partial charge on any atom is -0.493 e. The van der Waals surface area contributed by atoms with Crippen molar-refractivity contribution in [1.29, 1.82) is 0 Å². The molecule has 0 spiro atoms. The molecule has 0 aliphatic carbocycles. The summed E-state index contributed by atoms with van der Waals surface area (Å²) < 4.78 is 11.5. The molecule has 1 aromatic carbocycles. The van der Waals surface area contributed by atoms with Crippen LogP contribution in [0.3, 0.4) is 0 Å². The van der Waals surface area contributed by atoms with E-state index in [2.05, 4.69) is 17.2 Å². The van der Waals surface area contributed by atoms with Gasteiger partial charge in [0.1, 0.15) is 0 Å². The average molecular weight is 491 g/mol. The Morgan fingerprint density at radius 1 is 0.857 bits per heavy atom. The molecule has 0 atom stereocenters. The number of hydrogen-bond donors (Lipinski definition) is 3. The summed E-state index contributed by atoms with van der Waals surface area (Å²) in [7, 11) is 1.65. The van der Waals surface area contributed by atoms with E-state index in [4.69, 9.17) is 20.9 Å². The minimum absolute atomic E-state index is 0.116. The summed E-state index contributed by atoms with van der Waals surface area (Å²) in [5.74, 6) is 1.78. The smallest absolute Gasteiger partial charge is 0.220 e. The first kappa shape index (κ1) is 30.6.